The lowest BCUT2D eigenvalue weighted by molar-refractivity contribution is -0.118. The van der Waals surface area contributed by atoms with E-state index >= 15 is 0 Å². The molecular formula is C22H27Cl2NO2. The van der Waals surface area contributed by atoms with Gasteiger partial charge in [0.15, 0.2) is 6.61 Å². The van der Waals surface area contributed by atoms with E-state index in [0.29, 0.717) is 15.7 Å². The molecular weight excluding hydrogens is 381 g/mol. The van der Waals surface area contributed by atoms with E-state index in [0.717, 1.165) is 11.3 Å². The van der Waals surface area contributed by atoms with Crippen molar-refractivity contribution in [2.24, 2.45) is 0 Å². The number of carbonyl (C=O) groups excluding carboxylic acids is 1. The molecule has 0 unspecified atom stereocenters. The van der Waals surface area contributed by atoms with Gasteiger partial charge < -0.3 is 10.1 Å². The molecule has 0 radical (unpaired) electrons. The van der Waals surface area contributed by atoms with Crippen molar-refractivity contribution >= 4 is 34.8 Å². The summed E-state index contributed by atoms with van der Waals surface area (Å²) in [5, 5.41) is 3.60. The van der Waals surface area contributed by atoms with Crippen LogP contribution in [-0.2, 0) is 15.6 Å². The van der Waals surface area contributed by atoms with Crippen molar-refractivity contribution in [3.63, 3.8) is 0 Å². The molecule has 0 aliphatic carbocycles. The average molecular weight is 408 g/mol. The summed E-state index contributed by atoms with van der Waals surface area (Å²) < 4.78 is 5.85. The van der Waals surface area contributed by atoms with E-state index in [2.05, 4.69) is 59.0 Å². The predicted octanol–water partition coefficient (Wildman–Crippen LogP) is 6.61. The number of benzene rings is 2. The van der Waals surface area contributed by atoms with Crippen LogP contribution in [-0.4, -0.2) is 12.5 Å². The van der Waals surface area contributed by atoms with E-state index in [1.54, 1.807) is 18.2 Å². The van der Waals surface area contributed by atoms with E-state index in [9.17, 15) is 4.79 Å². The molecule has 0 saturated heterocycles. The molecule has 0 atom stereocenters. The van der Waals surface area contributed by atoms with Crippen molar-refractivity contribution in [2.75, 3.05) is 11.9 Å². The summed E-state index contributed by atoms with van der Waals surface area (Å²) in [6.45, 7) is 12.9. The van der Waals surface area contributed by atoms with Gasteiger partial charge in [-0.25, -0.2) is 0 Å². The summed E-state index contributed by atoms with van der Waals surface area (Å²) in [5.41, 5.74) is 2.84. The van der Waals surface area contributed by atoms with Gasteiger partial charge in [0.25, 0.3) is 5.91 Å². The lowest BCUT2D eigenvalue weighted by Gasteiger charge is -2.27. The third-order valence-corrected chi connectivity index (χ3v) is 4.95. The van der Waals surface area contributed by atoms with Gasteiger partial charge in [-0.3, -0.25) is 4.79 Å². The number of carbonyl (C=O) groups is 1. The van der Waals surface area contributed by atoms with Gasteiger partial charge in [0, 0.05) is 5.69 Å². The average Bonchev–Trinajstić information content (AvgIpc) is 2.54. The number of ether oxygens (including phenoxy) is 1. The molecule has 0 aliphatic rings. The first-order valence-electron chi connectivity index (χ1n) is 8.90. The largest absolute Gasteiger partial charge is 0.483 e. The minimum atomic E-state index is -0.256. The van der Waals surface area contributed by atoms with Crippen LogP contribution >= 0.6 is 23.2 Å². The Morgan fingerprint density at radius 3 is 2.15 bits per heavy atom. The predicted molar refractivity (Wildman–Crippen MR) is 114 cm³/mol. The fourth-order valence-corrected chi connectivity index (χ4v) is 2.92. The molecule has 0 heterocycles. The molecule has 0 aromatic heterocycles. The summed E-state index contributed by atoms with van der Waals surface area (Å²) in [4.78, 5) is 12.3. The van der Waals surface area contributed by atoms with Crippen molar-refractivity contribution in [3.05, 3.63) is 57.6 Å². The molecule has 1 N–H and O–H groups in total. The molecule has 2 rings (SSSR count). The second-order valence-electron chi connectivity index (χ2n) is 8.68. The third kappa shape index (κ3) is 5.88. The fourth-order valence-electron chi connectivity index (χ4n) is 2.62. The number of hydrogen-bond donors (Lipinski definition) is 1. The zero-order valence-electron chi connectivity index (χ0n) is 16.7. The molecule has 0 aliphatic heterocycles. The Kier molecular flexibility index (Phi) is 6.49. The number of anilines is 1. The normalized spacial score (nSPS) is 12.0. The first-order chi connectivity index (χ1) is 12.4. The molecule has 0 saturated carbocycles. The molecule has 2 aromatic rings. The molecule has 3 nitrogen and oxygen atoms in total. The van der Waals surface area contributed by atoms with Crippen LogP contribution in [0.15, 0.2) is 36.4 Å². The topological polar surface area (TPSA) is 38.3 Å². The zero-order valence-corrected chi connectivity index (χ0v) is 18.3. The van der Waals surface area contributed by atoms with Gasteiger partial charge in [0.1, 0.15) is 5.75 Å². The monoisotopic (exact) mass is 407 g/mol. The maximum Gasteiger partial charge on any atom is 0.262 e. The van der Waals surface area contributed by atoms with Crippen molar-refractivity contribution < 1.29 is 9.53 Å². The summed E-state index contributed by atoms with van der Waals surface area (Å²) in [6.07, 6.45) is 0. The van der Waals surface area contributed by atoms with Crippen LogP contribution < -0.4 is 10.1 Å². The smallest absolute Gasteiger partial charge is 0.262 e. The van der Waals surface area contributed by atoms with Crippen LogP contribution in [0.4, 0.5) is 5.69 Å². The molecule has 1 amide bonds. The molecule has 146 valence electrons. The summed E-state index contributed by atoms with van der Waals surface area (Å²) in [6, 6.07) is 11.1. The van der Waals surface area contributed by atoms with Crippen molar-refractivity contribution in [1.82, 2.24) is 0 Å². The van der Waals surface area contributed by atoms with Crippen LogP contribution in [0.25, 0.3) is 0 Å². The lowest BCUT2D eigenvalue weighted by Crippen LogP contribution is -2.22. The van der Waals surface area contributed by atoms with Gasteiger partial charge in [-0.15, -0.1) is 0 Å². The maximum absolute atomic E-state index is 12.3. The minimum Gasteiger partial charge on any atom is -0.483 e. The SMILES string of the molecule is CC(C)(C)c1ccc(OCC(=O)Nc2ccc(Cl)c(Cl)c2)c(C(C)(C)C)c1. The summed E-state index contributed by atoms with van der Waals surface area (Å²) in [5.74, 6) is 0.466. The number of halogens is 2. The first-order valence-corrected chi connectivity index (χ1v) is 9.66. The number of rotatable bonds is 4. The number of hydrogen-bond acceptors (Lipinski definition) is 2. The van der Waals surface area contributed by atoms with Crippen molar-refractivity contribution in [2.45, 2.75) is 52.4 Å². The summed E-state index contributed by atoms with van der Waals surface area (Å²) in [7, 11) is 0. The van der Waals surface area contributed by atoms with Crippen LogP contribution in [0.5, 0.6) is 5.75 Å². The van der Waals surface area contributed by atoms with Gasteiger partial charge in [-0.2, -0.15) is 0 Å². The van der Waals surface area contributed by atoms with E-state index in [4.69, 9.17) is 27.9 Å². The molecule has 27 heavy (non-hydrogen) atoms. The quantitative estimate of drug-likeness (QED) is 0.619. The third-order valence-electron chi connectivity index (χ3n) is 4.22. The highest BCUT2D eigenvalue weighted by molar-refractivity contribution is 6.42. The Bertz CT molecular complexity index is 833. The van der Waals surface area contributed by atoms with Crippen LogP contribution in [0.1, 0.15) is 52.7 Å². The van der Waals surface area contributed by atoms with Crippen molar-refractivity contribution in [3.8, 4) is 5.75 Å². The highest BCUT2D eigenvalue weighted by Gasteiger charge is 2.23. The molecule has 5 heteroatoms. The first kappa shape index (κ1) is 21.6. The molecule has 2 aromatic carbocycles. The Morgan fingerprint density at radius 1 is 0.926 bits per heavy atom. The van der Waals surface area contributed by atoms with E-state index in [1.165, 1.54) is 5.56 Å². The Morgan fingerprint density at radius 2 is 1.59 bits per heavy atom. The van der Waals surface area contributed by atoms with Crippen LogP contribution in [0, 0.1) is 0 Å². The highest BCUT2D eigenvalue weighted by Crippen LogP contribution is 2.35. The van der Waals surface area contributed by atoms with Gasteiger partial charge in [0.05, 0.1) is 10.0 Å². The van der Waals surface area contributed by atoms with Gasteiger partial charge >= 0.3 is 0 Å². The van der Waals surface area contributed by atoms with E-state index < -0.39 is 0 Å². The van der Waals surface area contributed by atoms with Crippen LogP contribution in [0.2, 0.25) is 10.0 Å². The van der Waals surface area contributed by atoms with Gasteiger partial charge in [-0.1, -0.05) is 76.9 Å². The van der Waals surface area contributed by atoms with Gasteiger partial charge in [-0.05, 0) is 46.2 Å². The second-order valence-corrected chi connectivity index (χ2v) is 9.49. The van der Waals surface area contributed by atoms with Crippen LogP contribution in [0.3, 0.4) is 0 Å². The molecule has 0 fully saturated rings. The number of nitrogens with one attached hydrogen (secondary N) is 1. The Balaban J connectivity index is 2.14. The van der Waals surface area contributed by atoms with E-state index in [-0.39, 0.29) is 23.3 Å². The fraction of sp³-hybridized carbons (Fsp3) is 0.409. The Hall–Kier alpha value is -1.71. The highest BCUT2D eigenvalue weighted by atomic mass is 35.5. The second kappa shape index (κ2) is 8.12. The molecule has 0 spiro atoms. The maximum atomic E-state index is 12.3. The Labute approximate surface area is 172 Å². The minimum absolute atomic E-state index is 0.0454. The summed E-state index contributed by atoms with van der Waals surface area (Å²) >= 11 is 11.9. The van der Waals surface area contributed by atoms with Gasteiger partial charge in [0.2, 0.25) is 0 Å². The standard InChI is InChI=1S/C22H27Cl2NO2/c1-21(2,3)14-7-10-19(16(11-14)22(4,5)6)27-13-20(26)25-15-8-9-17(23)18(24)12-15/h7-12H,13H2,1-6H3,(H,25,26). The number of amides is 1. The van der Waals surface area contributed by atoms with Crippen molar-refractivity contribution in [1.29, 1.82) is 0 Å². The molecule has 0 bridgehead atoms. The lowest BCUT2D eigenvalue weighted by atomic mass is 9.80. The van der Waals surface area contributed by atoms with E-state index in [1.807, 2.05) is 6.07 Å². The zero-order chi connectivity index (χ0) is 20.4.